The number of nitrogens with zero attached hydrogens (tertiary/aromatic N) is 5. The van der Waals surface area contributed by atoms with Crippen LogP contribution < -0.4 is 5.32 Å². The quantitative estimate of drug-likeness (QED) is 0.615. The maximum atomic E-state index is 5.28. The number of nitrogens with one attached hydrogen (secondary N) is 1. The van der Waals surface area contributed by atoms with E-state index in [0.717, 1.165) is 22.3 Å². The zero-order chi connectivity index (χ0) is 17.4. The molecule has 0 radical (unpaired) electrons. The van der Waals surface area contributed by atoms with Crippen molar-refractivity contribution in [3.05, 3.63) is 49.1 Å². The Labute approximate surface area is 144 Å². The SMILES string of the molecule is CC(C)(C)Nc1nc(-c2cncc(-n3ccc4cccnc43)c2)no1. The van der Waals surface area contributed by atoms with Crippen molar-refractivity contribution in [1.82, 2.24) is 24.7 Å². The summed E-state index contributed by atoms with van der Waals surface area (Å²) in [7, 11) is 0. The first-order chi connectivity index (χ1) is 12.0. The summed E-state index contributed by atoms with van der Waals surface area (Å²) in [6.45, 7) is 6.09. The molecule has 4 aromatic rings. The standard InChI is InChI=1S/C18H18N6O/c1-18(2,3)22-17-21-15(23-25-17)13-9-14(11-19-10-13)24-8-6-12-5-4-7-20-16(12)24/h4-11H,1-3H3,(H,21,22,23). The van der Waals surface area contributed by atoms with Crippen molar-refractivity contribution in [3.8, 4) is 17.1 Å². The third kappa shape index (κ3) is 3.08. The van der Waals surface area contributed by atoms with Gasteiger partial charge in [-0.05, 0) is 45.0 Å². The fourth-order valence-corrected chi connectivity index (χ4v) is 2.57. The molecule has 0 aliphatic rings. The van der Waals surface area contributed by atoms with Crippen LogP contribution >= 0.6 is 0 Å². The Hall–Kier alpha value is -3.22. The second-order valence-corrected chi connectivity index (χ2v) is 6.83. The van der Waals surface area contributed by atoms with Crippen LogP contribution in [0.5, 0.6) is 0 Å². The van der Waals surface area contributed by atoms with E-state index >= 15 is 0 Å². The smallest absolute Gasteiger partial charge is 0.322 e. The highest BCUT2D eigenvalue weighted by Crippen LogP contribution is 2.23. The molecule has 1 N–H and O–H groups in total. The van der Waals surface area contributed by atoms with Gasteiger partial charge in [-0.2, -0.15) is 4.98 Å². The normalized spacial score (nSPS) is 11.8. The Morgan fingerprint density at radius 1 is 1.16 bits per heavy atom. The molecule has 4 aromatic heterocycles. The van der Waals surface area contributed by atoms with Crippen LogP contribution in [-0.4, -0.2) is 30.2 Å². The van der Waals surface area contributed by atoms with Crippen molar-refractivity contribution >= 4 is 17.0 Å². The molecule has 0 saturated heterocycles. The molecule has 0 saturated carbocycles. The fourth-order valence-electron chi connectivity index (χ4n) is 2.57. The van der Waals surface area contributed by atoms with Crippen molar-refractivity contribution in [3.63, 3.8) is 0 Å². The van der Waals surface area contributed by atoms with E-state index in [1.54, 1.807) is 18.6 Å². The van der Waals surface area contributed by atoms with Gasteiger partial charge in [0, 0.05) is 35.1 Å². The minimum Gasteiger partial charge on any atom is -0.333 e. The predicted molar refractivity (Wildman–Crippen MR) is 95.5 cm³/mol. The molecule has 0 bridgehead atoms. The van der Waals surface area contributed by atoms with Gasteiger partial charge in [0.05, 0.1) is 11.9 Å². The number of aromatic nitrogens is 5. The number of hydrogen-bond acceptors (Lipinski definition) is 6. The molecule has 25 heavy (non-hydrogen) atoms. The molecule has 126 valence electrons. The molecule has 7 nitrogen and oxygen atoms in total. The molecular formula is C18H18N6O. The van der Waals surface area contributed by atoms with Crippen LogP contribution in [-0.2, 0) is 0 Å². The molecule has 0 unspecified atom stereocenters. The molecule has 0 aliphatic heterocycles. The van der Waals surface area contributed by atoms with Gasteiger partial charge in [-0.3, -0.25) is 9.55 Å². The highest BCUT2D eigenvalue weighted by Gasteiger charge is 2.16. The van der Waals surface area contributed by atoms with Crippen LogP contribution in [0.2, 0.25) is 0 Å². The molecule has 0 aromatic carbocycles. The largest absolute Gasteiger partial charge is 0.333 e. The van der Waals surface area contributed by atoms with Gasteiger partial charge in [0.25, 0.3) is 0 Å². The van der Waals surface area contributed by atoms with Crippen molar-refractivity contribution in [2.24, 2.45) is 0 Å². The minimum atomic E-state index is -0.153. The molecule has 0 spiro atoms. The topological polar surface area (TPSA) is 81.7 Å². The molecule has 0 amide bonds. The zero-order valence-corrected chi connectivity index (χ0v) is 14.3. The number of fused-ring (bicyclic) bond motifs is 1. The number of rotatable bonds is 3. The first-order valence-electron chi connectivity index (χ1n) is 7.99. The summed E-state index contributed by atoms with van der Waals surface area (Å²) < 4.78 is 7.26. The van der Waals surface area contributed by atoms with Gasteiger partial charge in [0.1, 0.15) is 5.65 Å². The summed E-state index contributed by atoms with van der Waals surface area (Å²) in [5, 5.41) is 8.28. The van der Waals surface area contributed by atoms with Gasteiger partial charge in [-0.15, -0.1) is 0 Å². The Morgan fingerprint density at radius 3 is 2.88 bits per heavy atom. The maximum absolute atomic E-state index is 5.28. The van der Waals surface area contributed by atoms with Crippen LogP contribution in [0.1, 0.15) is 20.8 Å². The van der Waals surface area contributed by atoms with Crippen LogP contribution in [0.4, 0.5) is 6.01 Å². The van der Waals surface area contributed by atoms with Crippen LogP contribution in [0.15, 0.2) is 53.6 Å². The molecule has 0 aliphatic carbocycles. The highest BCUT2D eigenvalue weighted by atomic mass is 16.5. The summed E-state index contributed by atoms with van der Waals surface area (Å²) in [4.78, 5) is 13.2. The van der Waals surface area contributed by atoms with E-state index in [0.29, 0.717) is 11.8 Å². The van der Waals surface area contributed by atoms with Gasteiger partial charge in [-0.25, -0.2) is 4.98 Å². The van der Waals surface area contributed by atoms with E-state index in [-0.39, 0.29) is 5.54 Å². The van der Waals surface area contributed by atoms with Gasteiger partial charge < -0.3 is 9.84 Å². The highest BCUT2D eigenvalue weighted by molar-refractivity contribution is 5.78. The summed E-state index contributed by atoms with van der Waals surface area (Å²) in [5.74, 6) is 0.491. The lowest BCUT2D eigenvalue weighted by molar-refractivity contribution is 0.420. The Morgan fingerprint density at radius 2 is 2.04 bits per heavy atom. The zero-order valence-electron chi connectivity index (χ0n) is 14.3. The molecular weight excluding hydrogens is 316 g/mol. The summed E-state index contributed by atoms with van der Waals surface area (Å²) >= 11 is 0. The van der Waals surface area contributed by atoms with Gasteiger partial charge in [0.2, 0.25) is 5.82 Å². The average Bonchev–Trinajstić information content (AvgIpc) is 3.20. The molecule has 7 heteroatoms. The van der Waals surface area contributed by atoms with E-state index in [1.807, 2.05) is 55.8 Å². The van der Waals surface area contributed by atoms with Crippen molar-refractivity contribution in [2.45, 2.75) is 26.3 Å². The number of hydrogen-bond donors (Lipinski definition) is 1. The average molecular weight is 334 g/mol. The maximum Gasteiger partial charge on any atom is 0.322 e. The van der Waals surface area contributed by atoms with Crippen molar-refractivity contribution in [2.75, 3.05) is 5.32 Å². The third-order valence-electron chi connectivity index (χ3n) is 3.62. The summed E-state index contributed by atoms with van der Waals surface area (Å²) in [6, 6.07) is 8.33. The molecule has 0 fully saturated rings. The van der Waals surface area contributed by atoms with Crippen molar-refractivity contribution in [1.29, 1.82) is 0 Å². The van der Waals surface area contributed by atoms with Gasteiger partial charge in [0.15, 0.2) is 0 Å². The first kappa shape index (κ1) is 15.3. The fraction of sp³-hybridized carbons (Fsp3) is 0.222. The molecule has 4 heterocycles. The lowest BCUT2D eigenvalue weighted by Gasteiger charge is -2.17. The van der Waals surface area contributed by atoms with Crippen LogP contribution in [0.3, 0.4) is 0 Å². The van der Waals surface area contributed by atoms with E-state index in [1.165, 1.54) is 0 Å². The van der Waals surface area contributed by atoms with Gasteiger partial charge >= 0.3 is 6.01 Å². The number of anilines is 1. The second-order valence-electron chi connectivity index (χ2n) is 6.83. The predicted octanol–water partition coefficient (Wildman–Crippen LogP) is 3.68. The Kier molecular flexibility index (Phi) is 3.49. The lowest BCUT2D eigenvalue weighted by atomic mass is 10.1. The Bertz CT molecular complexity index is 1030. The Balaban J connectivity index is 1.70. The van der Waals surface area contributed by atoms with E-state index < -0.39 is 0 Å². The second kappa shape index (κ2) is 5.70. The lowest BCUT2D eigenvalue weighted by Crippen LogP contribution is -2.26. The third-order valence-corrected chi connectivity index (χ3v) is 3.62. The van der Waals surface area contributed by atoms with E-state index in [9.17, 15) is 0 Å². The minimum absolute atomic E-state index is 0.153. The summed E-state index contributed by atoms with van der Waals surface area (Å²) in [6.07, 6.45) is 7.25. The first-order valence-corrected chi connectivity index (χ1v) is 7.99. The van der Waals surface area contributed by atoms with E-state index in [4.69, 9.17) is 4.52 Å². The monoisotopic (exact) mass is 334 g/mol. The number of pyridine rings is 2. The molecule has 0 atom stereocenters. The summed E-state index contributed by atoms with van der Waals surface area (Å²) in [5.41, 5.74) is 2.39. The van der Waals surface area contributed by atoms with Crippen LogP contribution in [0, 0.1) is 0 Å². The van der Waals surface area contributed by atoms with E-state index in [2.05, 4.69) is 25.4 Å². The van der Waals surface area contributed by atoms with Crippen LogP contribution in [0.25, 0.3) is 28.1 Å². The van der Waals surface area contributed by atoms with Crippen molar-refractivity contribution < 1.29 is 4.52 Å². The molecule has 4 rings (SSSR count). The van der Waals surface area contributed by atoms with Gasteiger partial charge in [-0.1, -0.05) is 5.16 Å².